The van der Waals surface area contributed by atoms with E-state index in [4.69, 9.17) is 0 Å². The Morgan fingerprint density at radius 3 is 1.93 bits per heavy atom. The topological polar surface area (TPSA) is 20.2 Å². The average Bonchev–Trinajstić information content (AvgIpc) is 2.72. The summed E-state index contributed by atoms with van der Waals surface area (Å²) in [6.07, 6.45) is 5.71. The smallest absolute Gasteiger partial charge is 0.115 e. The number of rotatable bonds is 9. The predicted octanol–water partition coefficient (Wildman–Crippen LogP) is 7.46. The van der Waals surface area contributed by atoms with E-state index < -0.39 is 0 Å². The van der Waals surface area contributed by atoms with Crippen molar-refractivity contribution < 1.29 is 5.11 Å². The maximum Gasteiger partial charge on any atom is 0.115 e. The summed E-state index contributed by atoms with van der Waals surface area (Å²) in [5, 5.41) is 9.41. The Kier molecular flexibility index (Phi) is 7.52. The standard InChI is InChI=1S/C28H34O/c1-21(2)7-9-23-11-15-26(16-12-23)27-6-4-5-25(20-27)19-22(3)8-10-24-13-17-28(29)18-14-24/h4-6,11-18,20-22,29H,7-10,19H2,1-3H3. The number of benzene rings is 3. The molecule has 1 N–H and O–H groups in total. The van der Waals surface area contributed by atoms with E-state index in [0.717, 1.165) is 31.6 Å². The molecule has 0 saturated heterocycles. The van der Waals surface area contributed by atoms with Gasteiger partial charge in [-0.15, -0.1) is 0 Å². The minimum absolute atomic E-state index is 0.339. The number of hydrogen-bond donors (Lipinski definition) is 1. The normalized spacial score (nSPS) is 12.3. The zero-order chi connectivity index (χ0) is 20.6. The molecule has 0 spiro atoms. The molecule has 0 fully saturated rings. The zero-order valence-corrected chi connectivity index (χ0v) is 18.1. The maximum atomic E-state index is 9.41. The highest BCUT2D eigenvalue weighted by molar-refractivity contribution is 5.64. The first-order valence-electron chi connectivity index (χ1n) is 11.0. The molecule has 29 heavy (non-hydrogen) atoms. The van der Waals surface area contributed by atoms with Gasteiger partial charge in [0.05, 0.1) is 0 Å². The molecule has 1 heteroatoms. The van der Waals surface area contributed by atoms with Crippen LogP contribution < -0.4 is 0 Å². The van der Waals surface area contributed by atoms with Crippen LogP contribution in [0.5, 0.6) is 5.75 Å². The van der Waals surface area contributed by atoms with Crippen LogP contribution in [0.4, 0.5) is 0 Å². The molecule has 3 rings (SSSR count). The van der Waals surface area contributed by atoms with Crippen molar-refractivity contribution in [1.82, 2.24) is 0 Å². The number of hydrogen-bond acceptors (Lipinski definition) is 1. The first-order chi connectivity index (χ1) is 14.0. The lowest BCUT2D eigenvalue weighted by Crippen LogP contribution is -2.02. The van der Waals surface area contributed by atoms with Gasteiger partial charge in [0.25, 0.3) is 0 Å². The molecule has 0 saturated carbocycles. The van der Waals surface area contributed by atoms with E-state index in [1.165, 1.54) is 34.2 Å². The fourth-order valence-electron chi connectivity index (χ4n) is 3.78. The number of aryl methyl sites for hydroxylation is 2. The number of aromatic hydroxyl groups is 1. The molecule has 3 aromatic carbocycles. The molecule has 0 aliphatic carbocycles. The SMILES string of the molecule is CC(C)CCc1ccc(-c2cccc(CC(C)CCc3ccc(O)cc3)c2)cc1. The molecule has 3 aromatic rings. The van der Waals surface area contributed by atoms with E-state index in [2.05, 4.69) is 69.3 Å². The summed E-state index contributed by atoms with van der Waals surface area (Å²) in [5.41, 5.74) is 6.74. The predicted molar refractivity (Wildman–Crippen MR) is 124 cm³/mol. The fourth-order valence-corrected chi connectivity index (χ4v) is 3.78. The molecule has 0 aliphatic rings. The van der Waals surface area contributed by atoms with Crippen LogP contribution in [0.1, 0.15) is 50.3 Å². The number of phenols is 1. The summed E-state index contributed by atoms with van der Waals surface area (Å²) in [6, 6.07) is 25.7. The minimum Gasteiger partial charge on any atom is -0.508 e. The fraction of sp³-hybridized carbons (Fsp3) is 0.357. The van der Waals surface area contributed by atoms with Gasteiger partial charge in [-0.1, -0.05) is 81.4 Å². The van der Waals surface area contributed by atoms with Crippen LogP contribution in [0.2, 0.25) is 0 Å². The molecule has 0 amide bonds. The van der Waals surface area contributed by atoms with E-state index in [0.29, 0.717) is 11.7 Å². The second-order valence-corrected chi connectivity index (χ2v) is 8.84. The summed E-state index contributed by atoms with van der Waals surface area (Å²) < 4.78 is 0. The van der Waals surface area contributed by atoms with Crippen LogP contribution in [-0.4, -0.2) is 5.11 Å². The van der Waals surface area contributed by atoms with E-state index in [9.17, 15) is 5.11 Å². The summed E-state index contributed by atoms with van der Waals surface area (Å²) in [5.74, 6) is 1.71. The molecule has 152 valence electrons. The highest BCUT2D eigenvalue weighted by Crippen LogP contribution is 2.24. The van der Waals surface area contributed by atoms with E-state index >= 15 is 0 Å². The molecule has 0 aliphatic heterocycles. The molecule has 0 heterocycles. The van der Waals surface area contributed by atoms with Crippen LogP contribution in [0.25, 0.3) is 11.1 Å². The van der Waals surface area contributed by atoms with Crippen molar-refractivity contribution in [2.24, 2.45) is 11.8 Å². The van der Waals surface area contributed by atoms with Crippen molar-refractivity contribution in [1.29, 1.82) is 0 Å². The lowest BCUT2D eigenvalue weighted by atomic mass is 9.92. The zero-order valence-electron chi connectivity index (χ0n) is 18.1. The molecule has 1 atom stereocenters. The lowest BCUT2D eigenvalue weighted by Gasteiger charge is -2.13. The first kappa shape index (κ1) is 21.2. The van der Waals surface area contributed by atoms with E-state index in [1.807, 2.05) is 12.1 Å². The largest absolute Gasteiger partial charge is 0.508 e. The van der Waals surface area contributed by atoms with Crippen molar-refractivity contribution >= 4 is 0 Å². The van der Waals surface area contributed by atoms with E-state index in [-0.39, 0.29) is 0 Å². The van der Waals surface area contributed by atoms with Crippen molar-refractivity contribution in [2.75, 3.05) is 0 Å². The molecular weight excluding hydrogens is 352 g/mol. The highest BCUT2D eigenvalue weighted by Gasteiger charge is 2.07. The third-order valence-electron chi connectivity index (χ3n) is 5.67. The Hall–Kier alpha value is -2.54. The van der Waals surface area contributed by atoms with Crippen LogP contribution in [0, 0.1) is 11.8 Å². The Bertz CT molecular complexity index is 875. The van der Waals surface area contributed by atoms with Gasteiger partial charge in [-0.3, -0.25) is 0 Å². The molecular formula is C28H34O. The van der Waals surface area contributed by atoms with Crippen LogP contribution in [-0.2, 0) is 19.3 Å². The van der Waals surface area contributed by atoms with Gasteiger partial charge in [0, 0.05) is 0 Å². The monoisotopic (exact) mass is 386 g/mol. The molecule has 1 unspecified atom stereocenters. The molecule has 1 nitrogen and oxygen atoms in total. The Morgan fingerprint density at radius 1 is 0.655 bits per heavy atom. The Labute approximate surface area is 176 Å². The highest BCUT2D eigenvalue weighted by atomic mass is 16.3. The first-order valence-corrected chi connectivity index (χ1v) is 11.0. The van der Waals surface area contributed by atoms with Gasteiger partial charge in [-0.05, 0) is 83.9 Å². The van der Waals surface area contributed by atoms with Gasteiger partial charge >= 0.3 is 0 Å². The summed E-state index contributed by atoms with van der Waals surface area (Å²) in [7, 11) is 0. The molecule has 0 bridgehead atoms. The minimum atomic E-state index is 0.339. The number of phenolic OH excluding ortho intramolecular Hbond substituents is 1. The second kappa shape index (κ2) is 10.3. The van der Waals surface area contributed by atoms with Crippen molar-refractivity contribution in [3.63, 3.8) is 0 Å². The summed E-state index contributed by atoms with van der Waals surface area (Å²) in [4.78, 5) is 0. The Morgan fingerprint density at radius 2 is 1.28 bits per heavy atom. The van der Waals surface area contributed by atoms with Gasteiger partial charge in [-0.2, -0.15) is 0 Å². The molecule has 0 aromatic heterocycles. The second-order valence-electron chi connectivity index (χ2n) is 8.84. The van der Waals surface area contributed by atoms with Crippen LogP contribution in [0.15, 0.2) is 72.8 Å². The quantitative estimate of drug-likeness (QED) is 0.404. The Balaban J connectivity index is 1.57. The third kappa shape index (κ3) is 6.78. The van der Waals surface area contributed by atoms with Crippen molar-refractivity contribution in [3.05, 3.63) is 89.5 Å². The van der Waals surface area contributed by atoms with Gasteiger partial charge < -0.3 is 5.11 Å². The third-order valence-corrected chi connectivity index (χ3v) is 5.67. The van der Waals surface area contributed by atoms with Gasteiger partial charge in [0.2, 0.25) is 0 Å². The van der Waals surface area contributed by atoms with Gasteiger partial charge in [-0.25, -0.2) is 0 Å². The van der Waals surface area contributed by atoms with Gasteiger partial charge in [0.15, 0.2) is 0 Å². The maximum absolute atomic E-state index is 9.41. The summed E-state index contributed by atoms with van der Waals surface area (Å²) >= 11 is 0. The summed E-state index contributed by atoms with van der Waals surface area (Å²) in [6.45, 7) is 6.90. The molecule has 0 radical (unpaired) electrons. The van der Waals surface area contributed by atoms with Crippen molar-refractivity contribution in [2.45, 2.75) is 52.9 Å². The van der Waals surface area contributed by atoms with Crippen LogP contribution >= 0.6 is 0 Å². The van der Waals surface area contributed by atoms with Gasteiger partial charge in [0.1, 0.15) is 5.75 Å². The average molecular weight is 387 g/mol. The van der Waals surface area contributed by atoms with Crippen LogP contribution in [0.3, 0.4) is 0 Å². The van der Waals surface area contributed by atoms with E-state index in [1.54, 1.807) is 12.1 Å². The lowest BCUT2D eigenvalue weighted by molar-refractivity contribution is 0.474. The van der Waals surface area contributed by atoms with Crippen molar-refractivity contribution in [3.8, 4) is 16.9 Å².